The number of ether oxygens (including phenoxy) is 2. The van der Waals surface area contributed by atoms with Crippen molar-refractivity contribution in [2.24, 2.45) is 10.8 Å². The summed E-state index contributed by atoms with van der Waals surface area (Å²) in [7, 11) is 1.38. The van der Waals surface area contributed by atoms with Gasteiger partial charge in [0.15, 0.2) is 0 Å². The molecular weight excluding hydrogens is 379 g/mol. The van der Waals surface area contributed by atoms with Crippen molar-refractivity contribution in [3.63, 3.8) is 0 Å². The number of aliphatic carboxylic acids is 1. The van der Waals surface area contributed by atoms with Gasteiger partial charge in [-0.15, -0.1) is 0 Å². The molecule has 6 nitrogen and oxygen atoms in total. The Labute approximate surface area is 162 Å². The lowest BCUT2D eigenvalue weighted by Gasteiger charge is -2.51. The summed E-state index contributed by atoms with van der Waals surface area (Å²) >= 11 is 0. The van der Waals surface area contributed by atoms with Crippen LogP contribution in [0.1, 0.15) is 51.9 Å². The SMILES string of the molecule is CO[C@@H]1COCC[C@@H]1N(C(=O)C(F)(F)F)[C@@H]1CC[C@@](C(=O)O)(C2(C)CCC2)C1. The van der Waals surface area contributed by atoms with Crippen molar-refractivity contribution in [2.75, 3.05) is 20.3 Å². The number of hydrogen-bond donors (Lipinski definition) is 1. The summed E-state index contributed by atoms with van der Waals surface area (Å²) < 4.78 is 50.9. The Morgan fingerprint density at radius 1 is 1.21 bits per heavy atom. The monoisotopic (exact) mass is 407 g/mol. The zero-order valence-electron chi connectivity index (χ0n) is 16.3. The number of carboxylic acids is 1. The van der Waals surface area contributed by atoms with Crippen LogP contribution in [0.3, 0.4) is 0 Å². The topological polar surface area (TPSA) is 76.1 Å². The third kappa shape index (κ3) is 3.40. The maximum atomic E-state index is 13.4. The first-order chi connectivity index (χ1) is 13.1. The quantitative estimate of drug-likeness (QED) is 0.758. The Balaban J connectivity index is 1.93. The fourth-order valence-electron chi connectivity index (χ4n) is 5.42. The number of carboxylic acid groups (broad SMARTS) is 1. The molecule has 28 heavy (non-hydrogen) atoms. The second kappa shape index (κ2) is 7.48. The normalized spacial score (nSPS) is 35.2. The van der Waals surface area contributed by atoms with Gasteiger partial charge in [0.1, 0.15) is 6.10 Å². The van der Waals surface area contributed by atoms with E-state index >= 15 is 0 Å². The number of carbonyl (C=O) groups excluding carboxylic acids is 1. The van der Waals surface area contributed by atoms with Crippen LogP contribution in [0.4, 0.5) is 13.2 Å². The van der Waals surface area contributed by atoms with Crippen molar-refractivity contribution >= 4 is 11.9 Å². The molecule has 0 radical (unpaired) electrons. The van der Waals surface area contributed by atoms with E-state index in [9.17, 15) is 27.9 Å². The highest BCUT2D eigenvalue weighted by atomic mass is 19.4. The van der Waals surface area contributed by atoms with Gasteiger partial charge in [0.05, 0.1) is 18.1 Å². The molecule has 1 amide bonds. The van der Waals surface area contributed by atoms with Gasteiger partial charge in [0.2, 0.25) is 0 Å². The predicted molar refractivity (Wildman–Crippen MR) is 92.6 cm³/mol. The Hall–Kier alpha value is -1.35. The molecule has 0 aromatic heterocycles. The second-order valence-corrected chi connectivity index (χ2v) is 8.61. The predicted octanol–water partition coefficient (Wildman–Crippen LogP) is 2.99. The molecule has 3 rings (SSSR count). The second-order valence-electron chi connectivity index (χ2n) is 8.61. The highest BCUT2D eigenvalue weighted by molar-refractivity contribution is 5.83. The van der Waals surface area contributed by atoms with E-state index in [1.165, 1.54) is 7.11 Å². The van der Waals surface area contributed by atoms with Crippen molar-refractivity contribution in [3.8, 4) is 0 Å². The molecule has 2 saturated carbocycles. The molecule has 1 saturated heterocycles. The molecule has 1 N–H and O–H groups in total. The summed E-state index contributed by atoms with van der Waals surface area (Å²) in [4.78, 5) is 25.5. The number of halogens is 3. The minimum Gasteiger partial charge on any atom is -0.481 e. The van der Waals surface area contributed by atoms with E-state index in [0.29, 0.717) is 0 Å². The number of rotatable bonds is 5. The van der Waals surface area contributed by atoms with E-state index < -0.39 is 47.1 Å². The Kier molecular flexibility index (Phi) is 5.71. The molecule has 1 heterocycles. The zero-order chi connectivity index (χ0) is 20.7. The van der Waals surface area contributed by atoms with Crippen molar-refractivity contribution in [1.29, 1.82) is 0 Å². The molecule has 160 valence electrons. The third-order valence-corrected chi connectivity index (χ3v) is 7.31. The molecule has 0 spiro atoms. The van der Waals surface area contributed by atoms with Crippen LogP contribution in [0.15, 0.2) is 0 Å². The Morgan fingerprint density at radius 2 is 1.89 bits per heavy atom. The van der Waals surface area contributed by atoms with Gasteiger partial charge >= 0.3 is 18.1 Å². The lowest BCUT2D eigenvalue weighted by atomic mass is 9.53. The van der Waals surface area contributed by atoms with Crippen molar-refractivity contribution < 1.29 is 37.3 Å². The maximum absolute atomic E-state index is 13.4. The summed E-state index contributed by atoms with van der Waals surface area (Å²) in [5.41, 5.74) is -1.52. The van der Waals surface area contributed by atoms with Crippen LogP contribution < -0.4 is 0 Å². The van der Waals surface area contributed by atoms with E-state index in [1.807, 2.05) is 6.92 Å². The first kappa shape index (κ1) is 21.4. The van der Waals surface area contributed by atoms with E-state index in [-0.39, 0.29) is 38.9 Å². The standard InChI is InChI=1S/C19H28F3NO5/c1-17(6-3-7-17)18(16(25)26)8-4-12(10-18)23(15(24)19(20,21)22)13-5-9-28-11-14(13)27-2/h12-14H,3-11H2,1-2H3,(H,25,26)/t12-,13+,14-,18-/m1/s1. The van der Waals surface area contributed by atoms with Gasteiger partial charge in [-0.3, -0.25) is 9.59 Å². The molecule has 0 aromatic rings. The van der Waals surface area contributed by atoms with Crippen LogP contribution in [0, 0.1) is 10.8 Å². The average Bonchev–Trinajstić information content (AvgIpc) is 3.06. The lowest BCUT2D eigenvalue weighted by Crippen LogP contribution is -2.59. The number of hydrogen-bond acceptors (Lipinski definition) is 4. The van der Waals surface area contributed by atoms with Crippen LogP contribution in [-0.4, -0.2) is 66.6 Å². The molecule has 3 fully saturated rings. The number of alkyl halides is 3. The van der Waals surface area contributed by atoms with E-state index in [0.717, 1.165) is 24.2 Å². The van der Waals surface area contributed by atoms with Crippen LogP contribution >= 0.6 is 0 Å². The first-order valence-corrected chi connectivity index (χ1v) is 9.79. The largest absolute Gasteiger partial charge is 0.481 e. The van der Waals surface area contributed by atoms with Crippen LogP contribution in [0.5, 0.6) is 0 Å². The lowest BCUT2D eigenvalue weighted by molar-refractivity contribution is -0.198. The first-order valence-electron chi connectivity index (χ1n) is 9.79. The highest BCUT2D eigenvalue weighted by Gasteiger charge is 2.62. The molecular formula is C19H28F3NO5. The third-order valence-electron chi connectivity index (χ3n) is 7.31. The van der Waals surface area contributed by atoms with Crippen molar-refractivity contribution in [3.05, 3.63) is 0 Å². The fourth-order valence-corrected chi connectivity index (χ4v) is 5.42. The van der Waals surface area contributed by atoms with Gasteiger partial charge in [0.25, 0.3) is 0 Å². The van der Waals surface area contributed by atoms with Gasteiger partial charge in [-0.2, -0.15) is 13.2 Å². The van der Waals surface area contributed by atoms with Gasteiger partial charge in [-0.1, -0.05) is 13.3 Å². The number of methoxy groups -OCH3 is 1. The van der Waals surface area contributed by atoms with E-state index in [1.54, 1.807) is 0 Å². The molecule has 2 aliphatic carbocycles. The molecule has 1 aliphatic heterocycles. The molecule has 0 aromatic carbocycles. The fraction of sp³-hybridized carbons (Fsp3) is 0.895. The van der Waals surface area contributed by atoms with E-state index in [4.69, 9.17) is 9.47 Å². The van der Waals surface area contributed by atoms with Crippen LogP contribution in [0.25, 0.3) is 0 Å². The minimum atomic E-state index is -5.02. The summed E-state index contributed by atoms with van der Waals surface area (Å²) in [6.45, 7) is 2.26. The smallest absolute Gasteiger partial charge is 0.471 e. The van der Waals surface area contributed by atoms with Crippen LogP contribution in [-0.2, 0) is 19.1 Å². The molecule has 0 bridgehead atoms. The number of nitrogens with zero attached hydrogens (tertiary/aromatic N) is 1. The van der Waals surface area contributed by atoms with Crippen LogP contribution in [0.2, 0.25) is 0 Å². The molecule has 9 heteroatoms. The van der Waals surface area contributed by atoms with Gasteiger partial charge in [0, 0.05) is 19.8 Å². The average molecular weight is 407 g/mol. The summed E-state index contributed by atoms with van der Waals surface area (Å²) in [5.74, 6) is -2.88. The summed E-state index contributed by atoms with van der Waals surface area (Å²) in [6, 6.07) is -1.56. The zero-order valence-corrected chi connectivity index (χ0v) is 16.3. The minimum absolute atomic E-state index is 0.0500. The van der Waals surface area contributed by atoms with E-state index in [2.05, 4.69) is 0 Å². The Morgan fingerprint density at radius 3 is 2.39 bits per heavy atom. The maximum Gasteiger partial charge on any atom is 0.471 e. The molecule has 4 atom stereocenters. The molecule has 0 unspecified atom stereocenters. The Bertz CT molecular complexity index is 621. The molecule has 3 aliphatic rings. The van der Waals surface area contributed by atoms with Crippen molar-refractivity contribution in [2.45, 2.75) is 76.2 Å². The number of carbonyl (C=O) groups is 2. The van der Waals surface area contributed by atoms with Gasteiger partial charge < -0.3 is 19.5 Å². The van der Waals surface area contributed by atoms with Gasteiger partial charge in [-0.25, -0.2) is 0 Å². The highest BCUT2D eigenvalue weighted by Crippen LogP contribution is 2.61. The summed E-state index contributed by atoms with van der Waals surface area (Å²) in [6.07, 6.45) is -2.46. The number of amides is 1. The summed E-state index contributed by atoms with van der Waals surface area (Å²) in [5, 5.41) is 10.0. The van der Waals surface area contributed by atoms with Crippen molar-refractivity contribution in [1.82, 2.24) is 4.90 Å². The van der Waals surface area contributed by atoms with Gasteiger partial charge in [-0.05, 0) is 43.9 Å².